The van der Waals surface area contributed by atoms with Gasteiger partial charge in [0, 0.05) is 36.3 Å². The molecule has 0 amide bonds. The van der Waals surface area contributed by atoms with E-state index in [1.807, 2.05) is 42.5 Å². The zero-order valence-electron chi connectivity index (χ0n) is 18.3. The van der Waals surface area contributed by atoms with E-state index >= 15 is 0 Å². The lowest BCUT2D eigenvalue weighted by molar-refractivity contribution is -0.233. The average molecular weight is 428 g/mol. The highest BCUT2D eigenvalue weighted by atomic mass is 16.7. The zero-order valence-corrected chi connectivity index (χ0v) is 18.3. The Labute approximate surface area is 187 Å². The molecule has 2 aliphatic rings. The molecular formula is C27H25NO4. The average Bonchev–Trinajstić information content (AvgIpc) is 3.07. The van der Waals surface area contributed by atoms with Crippen LogP contribution < -0.4 is 4.90 Å². The van der Waals surface area contributed by atoms with Gasteiger partial charge in [-0.25, -0.2) is 0 Å². The lowest BCUT2D eigenvalue weighted by Crippen LogP contribution is -2.42. The van der Waals surface area contributed by atoms with Crippen LogP contribution in [0.5, 0.6) is 0 Å². The minimum atomic E-state index is -1.50. The summed E-state index contributed by atoms with van der Waals surface area (Å²) in [5.74, 6) is -2.63. The number of ether oxygens (including phenoxy) is 2. The van der Waals surface area contributed by atoms with Crippen molar-refractivity contribution in [1.82, 2.24) is 0 Å². The molecule has 0 unspecified atom stereocenters. The predicted molar refractivity (Wildman–Crippen MR) is 124 cm³/mol. The first kappa shape index (κ1) is 20.3. The summed E-state index contributed by atoms with van der Waals surface area (Å²) < 4.78 is 11.6. The molecule has 3 aromatic carbocycles. The van der Waals surface area contributed by atoms with Gasteiger partial charge in [-0.1, -0.05) is 42.5 Å². The topological polar surface area (TPSA) is 55.8 Å². The fraction of sp³-hybridized carbons (Fsp3) is 0.259. The molecule has 5 heteroatoms. The van der Waals surface area contributed by atoms with Crippen molar-refractivity contribution in [3.8, 4) is 0 Å². The highest BCUT2D eigenvalue weighted by Crippen LogP contribution is 2.49. The van der Waals surface area contributed by atoms with Crippen LogP contribution in [0.15, 0.2) is 66.2 Å². The maximum Gasteiger partial charge on any atom is 0.320 e. The molecular weight excluding hydrogens is 402 g/mol. The van der Waals surface area contributed by atoms with Crippen LogP contribution in [0, 0.1) is 0 Å². The summed E-state index contributed by atoms with van der Waals surface area (Å²) in [5, 5.41) is 2.17. The molecule has 32 heavy (non-hydrogen) atoms. The molecule has 3 aromatic rings. The van der Waals surface area contributed by atoms with Gasteiger partial charge in [0.25, 0.3) is 0 Å². The Morgan fingerprint density at radius 2 is 1.56 bits per heavy atom. The molecule has 0 radical (unpaired) electrons. The maximum absolute atomic E-state index is 12.3. The van der Waals surface area contributed by atoms with E-state index in [9.17, 15) is 9.59 Å². The number of hydrogen-bond donors (Lipinski definition) is 0. The fourth-order valence-electron chi connectivity index (χ4n) is 4.80. The van der Waals surface area contributed by atoms with E-state index < -0.39 is 17.7 Å². The van der Waals surface area contributed by atoms with Gasteiger partial charge in [0.05, 0.1) is 0 Å². The lowest BCUT2D eigenvalue weighted by Gasteiger charge is -2.34. The van der Waals surface area contributed by atoms with Gasteiger partial charge in [-0.15, -0.1) is 0 Å². The number of carbonyl (C=O) groups excluding carboxylic acids is 2. The van der Waals surface area contributed by atoms with Crippen LogP contribution in [-0.2, 0) is 31.3 Å². The second kappa shape index (κ2) is 7.83. The third kappa shape index (κ3) is 3.25. The summed E-state index contributed by atoms with van der Waals surface area (Å²) in [7, 11) is 0. The van der Waals surface area contributed by atoms with Crippen LogP contribution >= 0.6 is 0 Å². The Morgan fingerprint density at radius 1 is 0.875 bits per heavy atom. The van der Waals surface area contributed by atoms with E-state index in [1.54, 1.807) is 0 Å². The van der Waals surface area contributed by atoms with Gasteiger partial charge >= 0.3 is 17.7 Å². The smallest absolute Gasteiger partial charge is 0.320 e. The third-order valence-electron chi connectivity index (χ3n) is 6.35. The monoisotopic (exact) mass is 427 g/mol. The van der Waals surface area contributed by atoms with Crippen LogP contribution in [0.1, 0.15) is 37.0 Å². The van der Waals surface area contributed by atoms with Gasteiger partial charge in [-0.05, 0) is 60.0 Å². The van der Waals surface area contributed by atoms with Crippen molar-refractivity contribution in [1.29, 1.82) is 0 Å². The number of esters is 2. The highest BCUT2D eigenvalue weighted by Gasteiger charge is 2.53. The van der Waals surface area contributed by atoms with Crippen LogP contribution in [0.4, 0.5) is 5.69 Å². The van der Waals surface area contributed by atoms with Crippen molar-refractivity contribution in [3.63, 3.8) is 0 Å². The van der Waals surface area contributed by atoms with Gasteiger partial charge < -0.3 is 14.4 Å². The molecule has 1 aliphatic heterocycles. The lowest BCUT2D eigenvalue weighted by atomic mass is 9.98. The molecule has 5 nitrogen and oxygen atoms in total. The van der Waals surface area contributed by atoms with Crippen molar-refractivity contribution >= 4 is 34.5 Å². The number of hydrogen-bond acceptors (Lipinski definition) is 5. The highest BCUT2D eigenvalue weighted by molar-refractivity contribution is 5.95. The summed E-state index contributed by atoms with van der Waals surface area (Å²) >= 11 is 0. The van der Waals surface area contributed by atoms with Crippen molar-refractivity contribution in [2.45, 2.75) is 32.5 Å². The van der Waals surface area contributed by atoms with E-state index in [2.05, 4.69) is 43.0 Å². The van der Waals surface area contributed by atoms with E-state index in [4.69, 9.17) is 9.47 Å². The SMILES string of the molecule is CCN(CC)c1ccc(/C=C2\Cc3c(ccc4ccccc34)C23OC(=O)CC(=O)O3)cc1. The quantitative estimate of drug-likeness (QED) is 0.435. The second-order valence-corrected chi connectivity index (χ2v) is 8.16. The molecule has 162 valence electrons. The predicted octanol–water partition coefficient (Wildman–Crippen LogP) is 4.97. The van der Waals surface area contributed by atoms with Gasteiger partial charge in [-0.2, -0.15) is 0 Å². The Balaban J connectivity index is 1.63. The number of carbonyl (C=O) groups is 2. The van der Waals surface area contributed by atoms with Crippen molar-refractivity contribution in [3.05, 3.63) is 82.9 Å². The van der Waals surface area contributed by atoms with E-state index in [-0.39, 0.29) is 6.42 Å². The molecule has 1 saturated heterocycles. The summed E-state index contributed by atoms with van der Waals surface area (Å²) in [5.41, 5.74) is 4.62. The summed E-state index contributed by atoms with van der Waals surface area (Å²) in [4.78, 5) is 27.0. The molecule has 1 spiro atoms. The molecule has 0 bridgehead atoms. The summed E-state index contributed by atoms with van der Waals surface area (Å²) in [6.45, 7) is 6.15. The zero-order chi connectivity index (χ0) is 22.3. The molecule has 1 heterocycles. The van der Waals surface area contributed by atoms with Crippen molar-refractivity contribution < 1.29 is 19.1 Å². The fourth-order valence-corrected chi connectivity index (χ4v) is 4.80. The molecule has 0 aromatic heterocycles. The van der Waals surface area contributed by atoms with Crippen LogP contribution in [0.2, 0.25) is 0 Å². The molecule has 1 aliphatic carbocycles. The van der Waals surface area contributed by atoms with Crippen molar-refractivity contribution in [2.24, 2.45) is 0 Å². The Morgan fingerprint density at radius 3 is 2.25 bits per heavy atom. The number of fused-ring (bicyclic) bond motifs is 4. The molecule has 0 N–H and O–H groups in total. The van der Waals surface area contributed by atoms with Crippen molar-refractivity contribution in [2.75, 3.05) is 18.0 Å². The van der Waals surface area contributed by atoms with E-state index in [1.165, 1.54) is 0 Å². The number of nitrogens with zero attached hydrogens (tertiary/aromatic N) is 1. The Kier molecular flexibility index (Phi) is 4.97. The van der Waals surface area contributed by atoms with E-state index in [0.29, 0.717) is 6.42 Å². The molecule has 5 rings (SSSR count). The summed E-state index contributed by atoms with van der Waals surface area (Å²) in [6.07, 6.45) is 2.15. The first-order chi connectivity index (χ1) is 15.5. The van der Waals surface area contributed by atoms with Crippen LogP contribution in [0.3, 0.4) is 0 Å². The first-order valence-electron chi connectivity index (χ1n) is 11.0. The maximum atomic E-state index is 12.3. The number of anilines is 1. The minimum Gasteiger partial charge on any atom is -0.413 e. The largest absolute Gasteiger partial charge is 0.413 e. The molecule has 1 fully saturated rings. The second-order valence-electron chi connectivity index (χ2n) is 8.16. The first-order valence-corrected chi connectivity index (χ1v) is 11.0. The van der Waals surface area contributed by atoms with E-state index in [0.717, 1.165) is 51.8 Å². The number of rotatable bonds is 4. The van der Waals surface area contributed by atoms with Gasteiger partial charge in [0.15, 0.2) is 0 Å². The Bertz CT molecular complexity index is 1220. The third-order valence-corrected chi connectivity index (χ3v) is 6.35. The number of benzene rings is 3. The molecule has 0 saturated carbocycles. The van der Waals surface area contributed by atoms with Gasteiger partial charge in [0.2, 0.25) is 0 Å². The Hall–Kier alpha value is -3.60. The molecule has 0 atom stereocenters. The van der Waals surface area contributed by atoms with Crippen LogP contribution in [-0.4, -0.2) is 25.0 Å². The van der Waals surface area contributed by atoms with Crippen LogP contribution in [0.25, 0.3) is 16.8 Å². The normalized spacial score (nSPS) is 18.0. The standard InChI is InChI=1S/C27H25NO4/c1-3-28(4-2)21-12-9-18(10-13-21)15-20-16-23-22-8-6-5-7-19(22)11-14-24(23)27(20)31-25(29)17-26(30)32-27/h5-15H,3-4,16-17H2,1-2H3/b20-15+. The van der Waals surface area contributed by atoms with Gasteiger partial charge in [0.1, 0.15) is 6.42 Å². The minimum absolute atomic E-state index is 0.365. The summed E-state index contributed by atoms with van der Waals surface area (Å²) in [6, 6.07) is 20.2. The van der Waals surface area contributed by atoms with Gasteiger partial charge in [-0.3, -0.25) is 9.59 Å².